The zero-order chi connectivity index (χ0) is 19.3. The molecule has 4 rings (SSSR count). The van der Waals surface area contributed by atoms with Crippen LogP contribution >= 0.6 is 0 Å². The summed E-state index contributed by atoms with van der Waals surface area (Å²) in [5.41, 5.74) is 2.59. The van der Waals surface area contributed by atoms with Crippen molar-refractivity contribution in [2.75, 3.05) is 18.5 Å². The Kier molecular flexibility index (Phi) is 5.29. The molecule has 2 aromatic heterocycles. The summed E-state index contributed by atoms with van der Waals surface area (Å²) in [5.74, 6) is -0.409. The summed E-state index contributed by atoms with van der Waals surface area (Å²) in [6.45, 7) is 1.30. The molecule has 0 spiro atoms. The lowest BCUT2D eigenvalue weighted by molar-refractivity contribution is -0.115. The summed E-state index contributed by atoms with van der Waals surface area (Å²) in [6.07, 6.45) is 5.07. The van der Waals surface area contributed by atoms with Crippen molar-refractivity contribution in [3.63, 3.8) is 0 Å². The van der Waals surface area contributed by atoms with Crippen LogP contribution in [-0.4, -0.2) is 46.3 Å². The molecule has 1 aliphatic heterocycles. The Morgan fingerprint density at radius 2 is 2.04 bits per heavy atom. The van der Waals surface area contributed by atoms with E-state index in [1.165, 1.54) is 6.20 Å². The summed E-state index contributed by atoms with van der Waals surface area (Å²) in [5, 5.41) is 13.7. The molecule has 0 atom stereocenters. The lowest BCUT2D eigenvalue weighted by atomic mass is 10.1. The van der Waals surface area contributed by atoms with Crippen molar-refractivity contribution < 1.29 is 14.3 Å². The minimum absolute atomic E-state index is 0.0960. The highest BCUT2D eigenvalue weighted by Crippen LogP contribution is 2.15. The molecule has 8 nitrogen and oxygen atoms in total. The molecule has 3 heterocycles. The van der Waals surface area contributed by atoms with Crippen molar-refractivity contribution in [2.45, 2.75) is 25.3 Å². The van der Waals surface area contributed by atoms with Gasteiger partial charge in [0.2, 0.25) is 5.91 Å². The maximum absolute atomic E-state index is 12.4. The largest absolute Gasteiger partial charge is 0.381 e. The van der Waals surface area contributed by atoms with Gasteiger partial charge >= 0.3 is 0 Å². The number of H-pyrrole nitrogens is 1. The highest BCUT2D eigenvalue weighted by molar-refractivity contribution is 5.96. The average molecular weight is 379 g/mol. The molecule has 0 saturated carbocycles. The maximum Gasteiger partial charge on any atom is 0.270 e. The molecule has 1 fully saturated rings. The lowest BCUT2D eigenvalue weighted by Gasteiger charge is -2.22. The number of carbonyl (C=O) groups excluding carboxylic acids is 2. The number of aromatic amines is 1. The minimum Gasteiger partial charge on any atom is -0.381 e. The number of amides is 2. The normalized spacial score (nSPS) is 14.7. The first-order chi connectivity index (χ1) is 13.7. The topological polar surface area (TPSA) is 109 Å². The SMILES string of the molecule is O=C(Cc1ccc2cn[nH]c2c1)Nc1ccnc(C(=O)NC2CCOCC2)c1. The smallest absolute Gasteiger partial charge is 0.270 e. The lowest BCUT2D eigenvalue weighted by Crippen LogP contribution is -2.39. The molecule has 8 heteroatoms. The number of ether oxygens (including phenoxy) is 1. The highest BCUT2D eigenvalue weighted by atomic mass is 16.5. The molecule has 1 saturated heterocycles. The van der Waals surface area contributed by atoms with E-state index >= 15 is 0 Å². The Bertz CT molecular complexity index is 994. The molecule has 0 radical (unpaired) electrons. The van der Waals surface area contributed by atoms with E-state index in [0.29, 0.717) is 18.9 Å². The van der Waals surface area contributed by atoms with Crippen LogP contribution in [0.25, 0.3) is 10.9 Å². The molecule has 2 amide bonds. The van der Waals surface area contributed by atoms with Gasteiger partial charge in [-0.2, -0.15) is 5.10 Å². The van der Waals surface area contributed by atoms with Gasteiger partial charge in [0, 0.05) is 36.5 Å². The number of rotatable bonds is 5. The predicted molar refractivity (Wildman–Crippen MR) is 104 cm³/mol. The second-order valence-corrected chi connectivity index (χ2v) is 6.81. The third-order valence-electron chi connectivity index (χ3n) is 4.70. The molecule has 1 aromatic carbocycles. The van der Waals surface area contributed by atoms with Gasteiger partial charge in [0.15, 0.2) is 0 Å². The van der Waals surface area contributed by atoms with Gasteiger partial charge in [-0.15, -0.1) is 0 Å². The Morgan fingerprint density at radius 3 is 2.89 bits per heavy atom. The number of pyridine rings is 1. The van der Waals surface area contributed by atoms with Crippen LogP contribution in [0.5, 0.6) is 0 Å². The van der Waals surface area contributed by atoms with E-state index in [1.54, 1.807) is 18.3 Å². The van der Waals surface area contributed by atoms with Crippen LogP contribution in [0.4, 0.5) is 5.69 Å². The van der Waals surface area contributed by atoms with Gasteiger partial charge in [0.1, 0.15) is 5.69 Å². The van der Waals surface area contributed by atoms with Gasteiger partial charge in [0.25, 0.3) is 5.91 Å². The molecule has 3 N–H and O–H groups in total. The van der Waals surface area contributed by atoms with Gasteiger partial charge in [-0.25, -0.2) is 0 Å². The fourth-order valence-corrected chi connectivity index (χ4v) is 3.22. The molecule has 0 bridgehead atoms. The number of anilines is 1. The Hall–Kier alpha value is -3.26. The van der Waals surface area contributed by atoms with Crippen LogP contribution in [-0.2, 0) is 16.0 Å². The number of nitrogens with zero attached hydrogens (tertiary/aromatic N) is 2. The first-order valence-corrected chi connectivity index (χ1v) is 9.24. The first kappa shape index (κ1) is 18.1. The molecular formula is C20H21N5O3. The van der Waals surface area contributed by atoms with Crippen molar-refractivity contribution in [3.8, 4) is 0 Å². The fraction of sp³-hybridized carbons (Fsp3) is 0.300. The van der Waals surface area contributed by atoms with Gasteiger partial charge in [-0.3, -0.25) is 19.7 Å². The highest BCUT2D eigenvalue weighted by Gasteiger charge is 2.18. The van der Waals surface area contributed by atoms with E-state index in [-0.39, 0.29) is 30.0 Å². The molecule has 3 aromatic rings. The molecule has 28 heavy (non-hydrogen) atoms. The summed E-state index contributed by atoms with van der Waals surface area (Å²) >= 11 is 0. The van der Waals surface area contributed by atoms with Crippen LogP contribution in [0.2, 0.25) is 0 Å². The standard InChI is InChI=1S/C20H21N5O3/c26-19(10-13-1-2-14-12-22-25-17(14)9-13)23-16-3-6-21-18(11-16)20(27)24-15-4-7-28-8-5-15/h1-3,6,9,11-12,15H,4-5,7-8,10H2,(H,22,25)(H,24,27)(H,21,23,26). The van der Waals surface area contributed by atoms with E-state index < -0.39 is 0 Å². The van der Waals surface area contributed by atoms with Gasteiger partial charge in [-0.05, 0) is 36.6 Å². The van der Waals surface area contributed by atoms with Crippen LogP contribution in [0.15, 0.2) is 42.7 Å². The van der Waals surface area contributed by atoms with Crippen LogP contribution in [0.3, 0.4) is 0 Å². The van der Waals surface area contributed by atoms with E-state index in [2.05, 4.69) is 25.8 Å². The zero-order valence-corrected chi connectivity index (χ0v) is 15.3. The second-order valence-electron chi connectivity index (χ2n) is 6.81. The second kappa shape index (κ2) is 8.18. The summed E-state index contributed by atoms with van der Waals surface area (Å²) in [4.78, 5) is 28.9. The van der Waals surface area contributed by atoms with Crippen molar-refractivity contribution >= 4 is 28.4 Å². The third kappa shape index (κ3) is 4.34. The number of nitrogens with one attached hydrogen (secondary N) is 3. The number of fused-ring (bicyclic) bond motifs is 1. The minimum atomic E-state index is -0.243. The molecule has 0 unspecified atom stereocenters. The number of hydrogen-bond acceptors (Lipinski definition) is 5. The fourth-order valence-electron chi connectivity index (χ4n) is 3.22. The quantitative estimate of drug-likeness (QED) is 0.629. The van der Waals surface area contributed by atoms with E-state index in [0.717, 1.165) is 29.3 Å². The monoisotopic (exact) mass is 379 g/mol. The predicted octanol–water partition coefficient (Wildman–Crippen LogP) is 2.05. The van der Waals surface area contributed by atoms with E-state index in [1.807, 2.05) is 18.2 Å². The number of carbonyl (C=O) groups is 2. The number of aromatic nitrogens is 3. The summed E-state index contributed by atoms with van der Waals surface area (Å²) in [7, 11) is 0. The Balaban J connectivity index is 1.38. The maximum atomic E-state index is 12.4. The summed E-state index contributed by atoms with van der Waals surface area (Å²) in [6, 6.07) is 9.08. The third-order valence-corrected chi connectivity index (χ3v) is 4.70. The zero-order valence-electron chi connectivity index (χ0n) is 15.3. The summed E-state index contributed by atoms with van der Waals surface area (Å²) < 4.78 is 5.30. The average Bonchev–Trinajstić information content (AvgIpc) is 3.17. The molecule has 0 aliphatic carbocycles. The van der Waals surface area contributed by atoms with Gasteiger partial charge < -0.3 is 15.4 Å². The van der Waals surface area contributed by atoms with Crippen molar-refractivity contribution in [2.24, 2.45) is 0 Å². The van der Waals surface area contributed by atoms with E-state index in [4.69, 9.17) is 4.74 Å². The van der Waals surface area contributed by atoms with Crippen molar-refractivity contribution in [3.05, 3.63) is 54.0 Å². The molecule has 1 aliphatic rings. The first-order valence-electron chi connectivity index (χ1n) is 9.24. The van der Waals surface area contributed by atoms with Crippen LogP contribution < -0.4 is 10.6 Å². The Morgan fingerprint density at radius 1 is 1.18 bits per heavy atom. The van der Waals surface area contributed by atoms with E-state index in [9.17, 15) is 9.59 Å². The van der Waals surface area contributed by atoms with Gasteiger partial charge in [0.05, 0.1) is 18.1 Å². The number of hydrogen-bond donors (Lipinski definition) is 3. The molecule has 144 valence electrons. The number of benzene rings is 1. The van der Waals surface area contributed by atoms with Crippen LogP contribution in [0.1, 0.15) is 28.9 Å². The van der Waals surface area contributed by atoms with Crippen molar-refractivity contribution in [1.29, 1.82) is 0 Å². The molecular weight excluding hydrogens is 358 g/mol. The van der Waals surface area contributed by atoms with Gasteiger partial charge in [-0.1, -0.05) is 12.1 Å². The van der Waals surface area contributed by atoms with Crippen LogP contribution in [0, 0.1) is 0 Å². The Labute approximate surface area is 161 Å². The van der Waals surface area contributed by atoms with Crippen molar-refractivity contribution in [1.82, 2.24) is 20.5 Å².